The third-order valence-electron chi connectivity index (χ3n) is 7.43. The molecule has 0 spiro atoms. The molecule has 0 aliphatic carbocycles. The molecular weight excluding hydrogens is 457 g/mol. The summed E-state index contributed by atoms with van der Waals surface area (Å²) >= 11 is -1.24. The molecule has 0 aromatic heterocycles. The van der Waals surface area contributed by atoms with Crippen molar-refractivity contribution in [2.45, 2.75) is 196 Å². The van der Waals surface area contributed by atoms with Gasteiger partial charge < -0.3 is 0 Å². The fourth-order valence-electron chi connectivity index (χ4n) is 5.07. The monoisotopic (exact) mass is 525 g/mol. The predicted molar refractivity (Wildman–Crippen MR) is 158 cm³/mol. The Bertz CT molecular complexity index is 343. The predicted octanol–water partition coefficient (Wildman–Crippen LogP) is 12.7. The molecule has 0 bridgehead atoms. The van der Waals surface area contributed by atoms with Gasteiger partial charge in [-0.05, 0) is 0 Å². The molecule has 0 aromatic rings. The van der Waals surface area contributed by atoms with Crippen molar-refractivity contribution in [3.05, 3.63) is 6.92 Å². The average Bonchev–Trinajstić information content (AvgIpc) is 2.78. The first-order valence-corrected chi connectivity index (χ1v) is 23.6. The van der Waals surface area contributed by atoms with Crippen LogP contribution in [0.2, 0.25) is 22.5 Å². The Morgan fingerprint density at radius 1 is 0.303 bits per heavy atom. The van der Waals surface area contributed by atoms with Crippen LogP contribution in [-0.4, -0.2) is 13.3 Å². The Morgan fingerprint density at radius 2 is 0.485 bits per heavy atom. The summed E-state index contributed by atoms with van der Waals surface area (Å²) in [6, 6.07) is 0. The summed E-state index contributed by atoms with van der Waals surface area (Å²) < 4.78 is 0. The molecule has 0 saturated carbocycles. The normalized spacial score (nSPS) is 12.0. The van der Waals surface area contributed by atoms with E-state index >= 15 is 0 Å². The molecule has 1 heteroatoms. The second-order valence-corrected chi connectivity index (χ2v) is 24.2. The molecule has 0 amide bonds. The number of hydrogen-bond donors (Lipinski definition) is 0. The quantitative estimate of drug-likeness (QED) is 0.0705. The maximum atomic E-state index is 3.92. The van der Waals surface area contributed by atoms with Crippen molar-refractivity contribution in [3.63, 3.8) is 0 Å². The van der Waals surface area contributed by atoms with E-state index in [1.807, 2.05) is 0 Å². The van der Waals surface area contributed by atoms with Crippen molar-refractivity contribution in [1.29, 1.82) is 0 Å². The van der Waals surface area contributed by atoms with E-state index in [0.29, 0.717) is 0 Å². The third-order valence-corrected chi connectivity index (χ3v) is 11.3. The summed E-state index contributed by atoms with van der Waals surface area (Å²) in [7, 11) is 0. The topological polar surface area (TPSA) is 0 Å². The van der Waals surface area contributed by atoms with Gasteiger partial charge in [-0.1, -0.05) is 110 Å². The fourth-order valence-corrected chi connectivity index (χ4v) is 7.82. The Labute approximate surface area is 215 Å². The van der Waals surface area contributed by atoms with E-state index in [4.69, 9.17) is 0 Å². The van der Waals surface area contributed by atoms with Gasteiger partial charge in [0.2, 0.25) is 0 Å². The van der Waals surface area contributed by atoms with Crippen molar-refractivity contribution in [2.75, 3.05) is 0 Å². The molecule has 0 aromatic carbocycles. The number of hydrogen-bond acceptors (Lipinski definition) is 0. The maximum absolute atomic E-state index is 3.92. The van der Waals surface area contributed by atoms with Gasteiger partial charge in [-0.15, -0.1) is 0 Å². The van der Waals surface area contributed by atoms with Crippen molar-refractivity contribution >= 4 is 13.3 Å². The minimum atomic E-state index is -1.24. The molecule has 0 atom stereocenters. The fraction of sp³-hybridized carbons (Fsp3) is 0.969. The number of unbranched alkanes of at least 4 members (excludes halogenated alkanes) is 26. The zero-order valence-corrected chi connectivity index (χ0v) is 26.1. The van der Waals surface area contributed by atoms with E-state index in [0.717, 1.165) is 6.42 Å². The molecule has 0 saturated heterocycles. The van der Waals surface area contributed by atoms with E-state index in [1.54, 1.807) is 5.25 Å². The molecule has 0 nitrogen and oxygen atoms in total. The van der Waals surface area contributed by atoms with Gasteiger partial charge in [-0.2, -0.15) is 0 Å². The van der Waals surface area contributed by atoms with Crippen LogP contribution in [0.5, 0.6) is 0 Å². The molecular formula is C32H67Ge. The molecule has 33 heavy (non-hydrogen) atoms. The SMILES string of the molecule is [CH2]CCCCCCCCCCCCCCCCCCCCCCCCCCC[CH2][Ge]([CH3])([CH3])[CH3]. The summed E-state index contributed by atoms with van der Waals surface area (Å²) in [5.74, 6) is 7.67. The van der Waals surface area contributed by atoms with Gasteiger partial charge in [0.05, 0.1) is 0 Å². The van der Waals surface area contributed by atoms with Crippen LogP contribution in [-0.2, 0) is 0 Å². The molecule has 0 fully saturated rings. The summed E-state index contributed by atoms with van der Waals surface area (Å²) in [6.45, 7) is 3.92. The molecule has 0 unspecified atom stereocenters. The van der Waals surface area contributed by atoms with Crippen molar-refractivity contribution in [1.82, 2.24) is 0 Å². The Balaban J connectivity index is 3.03. The third kappa shape index (κ3) is 32.5. The van der Waals surface area contributed by atoms with Crippen LogP contribution in [0.25, 0.3) is 0 Å². The van der Waals surface area contributed by atoms with Gasteiger partial charge in [-0.3, -0.25) is 0 Å². The van der Waals surface area contributed by atoms with Gasteiger partial charge in [-0.25, -0.2) is 0 Å². The first-order valence-electron chi connectivity index (χ1n) is 15.9. The van der Waals surface area contributed by atoms with Crippen molar-refractivity contribution < 1.29 is 0 Å². The Morgan fingerprint density at radius 3 is 0.667 bits per heavy atom. The minimum absolute atomic E-state index is 1.12. The second-order valence-electron chi connectivity index (χ2n) is 12.4. The van der Waals surface area contributed by atoms with E-state index in [2.05, 4.69) is 24.2 Å². The van der Waals surface area contributed by atoms with Crippen LogP contribution < -0.4 is 0 Å². The van der Waals surface area contributed by atoms with E-state index in [9.17, 15) is 0 Å². The molecule has 199 valence electrons. The van der Waals surface area contributed by atoms with Gasteiger partial charge >= 0.3 is 106 Å². The van der Waals surface area contributed by atoms with Crippen LogP contribution >= 0.6 is 0 Å². The summed E-state index contributed by atoms with van der Waals surface area (Å²) in [5, 5.41) is 1.58. The van der Waals surface area contributed by atoms with Crippen LogP contribution in [0.4, 0.5) is 0 Å². The number of rotatable bonds is 28. The summed E-state index contributed by atoms with van der Waals surface area (Å²) in [6.07, 6.45) is 39.6. The Hall–Kier alpha value is 0.543. The molecule has 0 rings (SSSR count). The van der Waals surface area contributed by atoms with Gasteiger partial charge in [0, 0.05) is 0 Å². The van der Waals surface area contributed by atoms with E-state index in [-0.39, 0.29) is 0 Å². The van der Waals surface area contributed by atoms with Crippen molar-refractivity contribution in [2.24, 2.45) is 0 Å². The first-order chi connectivity index (χ1) is 16.1. The Kier molecular flexibility index (Phi) is 27.6. The standard InChI is InChI=1S/C32H67Ge/c1-5-6-7-8-9-10-11-12-13-14-15-16-17-18-19-20-21-22-23-24-25-26-27-28-29-30-31-32-33(2,3)4/h1,5-32H2,2-4H3. The first kappa shape index (κ1) is 33.5. The van der Waals surface area contributed by atoms with E-state index < -0.39 is 13.3 Å². The molecule has 1 radical (unpaired) electrons. The molecule has 0 aliphatic heterocycles. The second kappa shape index (κ2) is 27.1. The summed E-state index contributed by atoms with van der Waals surface area (Å²) in [4.78, 5) is 0. The van der Waals surface area contributed by atoms with Crippen LogP contribution in [0, 0.1) is 6.92 Å². The molecule has 0 aliphatic rings. The zero-order chi connectivity index (χ0) is 24.3. The van der Waals surface area contributed by atoms with Crippen molar-refractivity contribution in [3.8, 4) is 0 Å². The van der Waals surface area contributed by atoms with Gasteiger partial charge in [0.25, 0.3) is 0 Å². The van der Waals surface area contributed by atoms with Crippen LogP contribution in [0.1, 0.15) is 173 Å². The van der Waals surface area contributed by atoms with Gasteiger partial charge in [0.1, 0.15) is 0 Å². The van der Waals surface area contributed by atoms with E-state index in [1.165, 1.54) is 167 Å². The average molecular weight is 524 g/mol. The zero-order valence-electron chi connectivity index (χ0n) is 24.0. The van der Waals surface area contributed by atoms with Crippen LogP contribution in [0.15, 0.2) is 0 Å². The van der Waals surface area contributed by atoms with Crippen LogP contribution in [0.3, 0.4) is 0 Å². The van der Waals surface area contributed by atoms with Gasteiger partial charge in [0.15, 0.2) is 0 Å². The molecule has 0 heterocycles. The molecule has 0 N–H and O–H groups in total. The summed E-state index contributed by atoms with van der Waals surface area (Å²) in [5.41, 5.74) is 0.